The van der Waals surface area contributed by atoms with Crippen LogP contribution in [0.1, 0.15) is 0 Å². The molecule has 0 radical (unpaired) electrons. The second-order valence-electron chi connectivity index (χ2n) is 4.09. The van der Waals surface area contributed by atoms with Gasteiger partial charge in [0.2, 0.25) is 0 Å². The Balaban J connectivity index is 2.48. The maximum Gasteiger partial charge on any atom is 0.325 e. The first-order valence-corrected chi connectivity index (χ1v) is 7.31. The number of rotatable bonds is 4. The third-order valence-corrected chi connectivity index (χ3v) is 3.68. The van der Waals surface area contributed by atoms with Gasteiger partial charge in [0.05, 0.1) is 11.1 Å². The van der Waals surface area contributed by atoms with Gasteiger partial charge in [-0.25, -0.2) is 8.42 Å². The van der Waals surface area contributed by atoms with Crippen molar-refractivity contribution in [3.8, 4) is 11.1 Å². The highest BCUT2D eigenvalue weighted by Crippen LogP contribution is 2.26. The van der Waals surface area contributed by atoms with Gasteiger partial charge in [0.1, 0.15) is 6.54 Å². The molecule has 0 saturated carbocycles. The van der Waals surface area contributed by atoms with Gasteiger partial charge in [-0.2, -0.15) is 5.10 Å². The van der Waals surface area contributed by atoms with E-state index in [1.54, 1.807) is 18.2 Å². The summed E-state index contributed by atoms with van der Waals surface area (Å²) >= 11 is 0. The fourth-order valence-electron chi connectivity index (χ4n) is 1.76. The Hall–Kier alpha value is -2.15. The predicted molar refractivity (Wildman–Crippen MR) is 68.4 cm³/mol. The third kappa shape index (κ3) is 3.00. The Morgan fingerprint density at radius 1 is 1.37 bits per heavy atom. The summed E-state index contributed by atoms with van der Waals surface area (Å²) in [4.78, 5) is 10.8. The normalized spacial score (nSPS) is 11.4. The number of carbonyl (C=O) groups is 1. The van der Waals surface area contributed by atoms with Gasteiger partial charge in [-0.1, -0.05) is 18.2 Å². The Morgan fingerprint density at radius 2 is 2.05 bits per heavy atom. The lowest BCUT2D eigenvalue weighted by Gasteiger charge is -2.05. The summed E-state index contributed by atoms with van der Waals surface area (Å²) in [7, 11) is -3.35. The fraction of sp³-hybridized carbons (Fsp3) is 0.167. The molecule has 0 atom stereocenters. The van der Waals surface area contributed by atoms with Crippen LogP contribution in [0.25, 0.3) is 11.1 Å². The average molecular weight is 280 g/mol. The van der Waals surface area contributed by atoms with Gasteiger partial charge in [-0.15, -0.1) is 0 Å². The highest BCUT2D eigenvalue weighted by molar-refractivity contribution is 7.90. The van der Waals surface area contributed by atoms with Crippen LogP contribution in [0.3, 0.4) is 0 Å². The molecule has 1 aromatic heterocycles. The highest BCUT2D eigenvalue weighted by Gasteiger charge is 2.15. The number of benzene rings is 1. The zero-order valence-corrected chi connectivity index (χ0v) is 11.0. The molecule has 0 unspecified atom stereocenters. The van der Waals surface area contributed by atoms with Crippen LogP contribution in [0, 0.1) is 0 Å². The van der Waals surface area contributed by atoms with Crippen LogP contribution in [-0.2, 0) is 21.2 Å². The van der Waals surface area contributed by atoms with E-state index in [-0.39, 0.29) is 11.4 Å². The lowest BCUT2D eigenvalue weighted by molar-refractivity contribution is -0.137. The van der Waals surface area contributed by atoms with Crippen molar-refractivity contribution in [2.45, 2.75) is 11.4 Å². The summed E-state index contributed by atoms with van der Waals surface area (Å²) in [6.45, 7) is -0.263. The fourth-order valence-corrected chi connectivity index (χ4v) is 2.67. The van der Waals surface area contributed by atoms with E-state index in [1.165, 1.54) is 23.1 Å². The smallest absolute Gasteiger partial charge is 0.325 e. The van der Waals surface area contributed by atoms with Crippen molar-refractivity contribution in [1.29, 1.82) is 0 Å². The number of nitrogens with zero attached hydrogens (tertiary/aromatic N) is 2. The van der Waals surface area contributed by atoms with E-state index < -0.39 is 15.8 Å². The van der Waals surface area contributed by atoms with Gasteiger partial charge >= 0.3 is 5.97 Å². The second-order valence-corrected chi connectivity index (χ2v) is 6.07. The van der Waals surface area contributed by atoms with E-state index in [0.717, 1.165) is 6.26 Å². The maximum atomic E-state index is 11.7. The first-order valence-electron chi connectivity index (χ1n) is 5.41. The summed E-state index contributed by atoms with van der Waals surface area (Å²) < 4.78 is 24.6. The molecular weight excluding hydrogens is 268 g/mol. The van der Waals surface area contributed by atoms with Crippen LogP contribution < -0.4 is 0 Å². The van der Waals surface area contributed by atoms with Gasteiger partial charge < -0.3 is 5.11 Å². The molecular formula is C12H12N2O4S. The predicted octanol–water partition coefficient (Wildman–Crippen LogP) is 1.04. The lowest BCUT2D eigenvalue weighted by atomic mass is 10.1. The highest BCUT2D eigenvalue weighted by atomic mass is 32.2. The molecule has 0 spiro atoms. The third-order valence-electron chi connectivity index (χ3n) is 2.53. The number of hydrogen-bond acceptors (Lipinski definition) is 4. The first kappa shape index (κ1) is 13.3. The monoisotopic (exact) mass is 280 g/mol. The minimum absolute atomic E-state index is 0.199. The molecule has 2 aromatic rings. The van der Waals surface area contributed by atoms with Crippen molar-refractivity contribution in [2.75, 3.05) is 6.26 Å². The van der Waals surface area contributed by atoms with E-state index in [9.17, 15) is 13.2 Å². The van der Waals surface area contributed by atoms with Crippen molar-refractivity contribution in [3.05, 3.63) is 36.7 Å². The molecule has 2 rings (SSSR count). The Morgan fingerprint density at radius 3 is 2.68 bits per heavy atom. The molecule has 0 aliphatic heterocycles. The SMILES string of the molecule is CS(=O)(=O)c1ccccc1-c1cnn(CC(=O)O)c1. The van der Waals surface area contributed by atoms with Gasteiger partial charge in [0.15, 0.2) is 9.84 Å². The first-order chi connectivity index (χ1) is 8.88. The van der Waals surface area contributed by atoms with Gasteiger partial charge in [-0.05, 0) is 6.07 Å². The molecule has 6 nitrogen and oxygen atoms in total. The molecule has 19 heavy (non-hydrogen) atoms. The van der Waals surface area contributed by atoms with Gasteiger partial charge in [-0.3, -0.25) is 9.48 Å². The number of sulfone groups is 1. The number of carboxylic acid groups (broad SMARTS) is 1. The molecule has 0 aliphatic carbocycles. The molecule has 0 amide bonds. The van der Waals surface area contributed by atoms with E-state index in [0.29, 0.717) is 11.1 Å². The molecule has 1 N–H and O–H groups in total. The number of carboxylic acids is 1. The largest absolute Gasteiger partial charge is 0.480 e. The van der Waals surface area contributed by atoms with Crippen LogP contribution in [0.2, 0.25) is 0 Å². The van der Waals surface area contributed by atoms with E-state index >= 15 is 0 Å². The molecule has 0 saturated heterocycles. The van der Waals surface area contributed by atoms with Crippen molar-refractivity contribution in [2.24, 2.45) is 0 Å². The number of aliphatic carboxylic acids is 1. The van der Waals surface area contributed by atoms with Gasteiger partial charge in [0.25, 0.3) is 0 Å². The molecule has 1 aromatic carbocycles. The standard InChI is InChI=1S/C12H12N2O4S/c1-19(17,18)11-5-3-2-4-10(11)9-6-13-14(7-9)8-12(15)16/h2-7H,8H2,1H3,(H,15,16). The minimum atomic E-state index is -3.35. The average Bonchev–Trinajstić information content (AvgIpc) is 2.75. The molecule has 0 bridgehead atoms. The summed E-state index contributed by atoms with van der Waals surface area (Å²) in [5, 5.41) is 12.6. The van der Waals surface area contributed by atoms with Crippen LogP contribution >= 0.6 is 0 Å². The molecule has 1 heterocycles. The second kappa shape index (κ2) is 4.85. The van der Waals surface area contributed by atoms with Crippen molar-refractivity contribution >= 4 is 15.8 Å². The number of hydrogen-bond donors (Lipinski definition) is 1. The van der Waals surface area contributed by atoms with Crippen molar-refractivity contribution in [3.63, 3.8) is 0 Å². The molecule has 0 aliphatic rings. The maximum absolute atomic E-state index is 11.7. The van der Waals surface area contributed by atoms with Crippen LogP contribution in [0.15, 0.2) is 41.6 Å². The lowest BCUT2D eigenvalue weighted by Crippen LogP contribution is -2.08. The van der Waals surface area contributed by atoms with E-state index in [2.05, 4.69) is 5.10 Å². The summed E-state index contributed by atoms with van der Waals surface area (Å²) in [6.07, 6.45) is 4.10. The Kier molecular flexibility index (Phi) is 3.39. The van der Waals surface area contributed by atoms with Crippen LogP contribution in [0.4, 0.5) is 0 Å². The molecule has 100 valence electrons. The molecule has 7 heteroatoms. The van der Waals surface area contributed by atoms with Crippen LogP contribution in [-0.4, -0.2) is 35.5 Å². The minimum Gasteiger partial charge on any atom is -0.480 e. The Bertz CT molecular complexity index is 719. The Labute approximate surface area is 110 Å². The van der Waals surface area contributed by atoms with Crippen molar-refractivity contribution in [1.82, 2.24) is 9.78 Å². The summed E-state index contributed by atoms with van der Waals surface area (Å²) in [6, 6.07) is 6.54. The quantitative estimate of drug-likeness (QED) is 0.903. The van der Waals surface area contributed by atoms with E-state index in [1.807, 2.05) is 0 Å². The zero-order valence-electron chi connectivity index (χ0n) is 10.1. The summed E-state index contributed by atoms with van der Waals surface area (Å²) in [5.41, 5.74) is 1.09. The van der Waals surface area contributed by atoms with Crippen molar-refractivity contribution < 1.29 is 18.3 Å². The topological polar surface area (TPSA) is 89.3 Å². The van der Waals surface area contributed by atoms with E-state index in [4.69, 9.17) is 5.11 Å². The molecule has 0 fully saturated rings. The van der Waals surface area contributed by atoms with Crippen LogP contribution in [0.5, 0.6) is 0 Å². The summed E-state index contributed by atoms with van der Waals surface area (Å²) in [5.74, 6) is -1.01. The number of aromatic nitrogens is 2. The zero-order chi connectivity index (χ0) is 14.0. The van der Waals surface area contributed by atoms with Gasteiger partial charge in [0, 0.05) is 23.6 Å².